The van der Waals surface area contributed by atoms with Crippen LogP contribution in [0.2, 0.25) is 0 Å². The molecule has 1 aliphatic rings. The molecule has 0 spiro atoms. The van der Waals surface area contributed by atoms with Crippen molar-refractivity contribution in [1.29, 1.82) is 0 Å². The van der Waals surface area contributed by atoms with E-state index >= 15 is 0 Å². The lowest BCUT2D eigenvalue weighted by Crippen LogP contribution is -2.34. The Labute approximate surface area is 90.5 Å². The predicted octanol–water partition coefficient (Wildman–Crippen LogP) is 1.68. The fourth-order valence-corrected chi connectivity index (χ4v) is 1.58. The molecule has 0 bridgehead atoms. The van der Waals surface area contributed by atoms with E-state index in [-0.39, 0.29) is 0 Å². The van der Waals surface area contributed by atoms with Crippen molar-refractivity contribution in [3.63, 3.8) is 0 Å². The standard InChI is InChI=1S/C11H18N4/c1-8(2)15(7-9-3-4-9)11-13-5-10(12)6-14-11/h5-6,8-9H,3-4,7,12H2,1-2H3. The van der Waals surface area contributed by atoms with Gasteiger partial charge < -0.3 is 10.6 Å². The molecular weight excluding hydrogens is 188 g/mol. The Kier molecular flexibility index (Phi) is 2.75. The summed E-state index contributed by atoms with van der Waals surface area (Å²) in [5, 5.41) is 0. The van der Waals surface area contributed by atoms with E-state index in [2.05, 4.69) is 28.7 Å². The third kappa shape index (κ3) is 2.58. The molecule has 0 unspecified atom stereocenters. The fourth-order valence-electron chi connectivity index (χ4n) is 1.58. The van der Waals surface area contributed by atoms with Gasteiger partial charge in [-0.2, -0.15) is 0 Å². The smallest absolute Gasteiger partial charge is 0.225 e. The normalized spacial score (nSPS) is 15.7. The Morgan fingerprint density at radius 3 is 2.47 bits per heavy atom. The van der Waals surface area contributed by atoms with E-state index < -0.39 is 0 Å². The highest BCUT2D eigenvalue weighted by Gasteiger charge is 2.26. The summed E-state index contributed by atoms with van der Waals surface area (Å²) in [7, 11) is 0. The van der Waals surface area contributed by atoms with Gasteiger partial charge in [0, 0.05) is 12.6 Å². The van der Waals surface area contributed by atoms with Crippen molar-refractivity contribution in [3.8, 4) is 0 Å². The van der Waals surface area contributed by atoms with Gasteiger partial charge >= 0.3 is 0 Å². The van der Waals surface area contributed by atoms with E-state index in [9.17, 15) is 0 Å². The van der Waals surface area contributed by atoms with Crippen molar-refractivity contribution >= 4 is 11.6 Å². The first-order valence-corrected chi connectivity index (χ1v) is 5.51. The largest absolute Gasteiger partial charge is 0.396 e. The van der Waals surface area contributed by atoms with Gasteiger partial charge in [0.1, 0.15) is 0 Å². The molecule has 1 heterocycles. The molecule has 1 fully saturated rings. The van der Waals surface area contributed by atoms with Crippen LogP contribution in [-0.2, 0) is 0 Å². The highest BCUT2D eigenvalue weighted by molar-refractivity contribution is 5.38. The topological polar surface area (TPSA) is 55.0 Å². The maximum atomic E-state index is 5.57. The zero-order valence-electron chi connectivity index (χ0n) is 9.35. The van der Waals surface area contributed by atoms with Gasteiger partial charge in [-0.1, -0.05) is 0 Å². The molecule has 4 heteroatoms. The zero-order valence-corrected chi connectivity index (χ0v) is 9.35. The summed E-state index contributed by atoms with van der Waals surface area (Å²) in [6, 6.07) is 0.439. The van der Waals surface area contributed by atoms with E-state index in [1.54, 1.807) is 12.4 Å². The minimum atomic E-state index is 0.439. The van der Waals surface area contributed by atoms with Gasteiger partial charge in [-0.05, 0) is 32.6 Å². The number of hydrogen-bond donors (Lipinski definition) is 1. The molecule has 1 aliphatic carbocycles. The zero-order chi connectivity index (χ0) is 10.8. The third-order valence-corrected chi connectivity index (χ3v) is 2.69. The second-order valence-corrected chi connectivity index (χ2v) is 4.51. The Morgan fingerprint density at radius 1 is 1.40 bits per heavy atom. The molecule has 2 N–H and O–H groups in total. The number of anilines is 2. The number of aromatic nitrogens is 2. The number of hydrogen-bond acceptors (Lipinski definition) is 4. The maximum absolute atomic E-state index is 5.57. The number of nitrogens with two attached hydrogens (primary N) is 1. The first-order chi connectivity index (χ1) is 7.16. The Bertz CT molecular complexity index is 316. The average molecular weight is 206 g/mol. The van der Waals surface area contributed by atoms with Crippen LogP contribution >= 0.6 is 0 Å². The van der Waals surface area contributed by atoms with Crippen molar-refractivity contribution in [2.24, 2.45) is 5.92 Å². The molecule has 0 atom stereocenters. The highest BCUT2D eigenvalue weighted by Crippen LogP contribution is 2.31. The Hall–Kier alpha value is -1.32. The van der Waals surface area contributed by atoms with Gasteiger partial charge in [0.2, 0.25) is 5.95 Å². The lowest BCUT2D eigenvalue weighted by molar-refractivity contribution is 0.627. The van der Waals surface area contributed by atoms with Crippen LogP contribution < -0.4 is 10.6 Å². The lowest BCUT2D eigenvalue weighted by atomic mass is 10.3. The van der Waals surface area contributed by atoms with Crippen molar-refractivity contribution in [1.82, 2.24) is 9.97 Å². The third-order valence-electron chi connectivity index (χ3n) is 2.69. The van der Waals surface area contributed by atoms with Crippen LogP contribution in [0.4, 0.5) is 11.6 Å². The van der Waals surface area contributed by atoms with Gasteiger partial charge in [0.15, 0.2) is 0 Å². The molecule has 0 aliphatic heterocycles. The summed E-state index contributed by atoms with van der Waals surface area (Å²) in [4.78, 5) is 10.8. The van der Waals surface area contributed by atoms with Crippen LogP contribution in [0.25, 0.3) is 0 Å². The quantitative estimate of drug-likeness (QED) is 0.814. The minimum Gasteiger partial charge on any atom is -0.396 e. The molecule has 0 aromatic carbocycles. The highest BCUT2D eigenvalue weighted by atomic mass is 15.3. The van der Waals surface area contributed by atoms with Gasteiger partial charge in [-0.25, -0.2) is 9.97 Å². The summed E-state index contributed by atoms with van der Waals surface area (Å²) in [5.41, 5.74) is 6.19. The summed E-state index contributed by atoms with van der Waals surface area (Å²) in [6.07, 6.45) is 6.03. The summed E-state index contributed by atoms with van der Waals surface area (Å²) in [6.45, 7) is 5.41. The lowest BCUT2D eigenvalue weighted by Gasteiger charge is -2.26. The van der Waals surface area contributed by atoms with Crippen LogP contribution in [0, 0.1) is 5.92 Å². The molecule has 0 saturated heterocycles. The van der Waals surface area contributed by atoms with Crippen LogP contribution in [0.3, 0.4) is 0 Å². The first-order valence-electron chi connectivity index (χ1n) is 5.51. The van der Waals surface area contributed by atoms with E-state index in [1.165, 1.54) is 12.8 Å². The van der Waals surface area contributed by atoms with E-state index in [0.29, 0.717) is 11.7 Å². The van der Waals surface area contributed by atoms with Crippen molar-refractivity contribution in [2.75, 3.05) is 17.2 Å². The van der Waals surface area contributed by atoms with Gasteiger partial charge in [0.05, 0.1) is 18.1 Å². The van der Waals surface area contributed by atoms with Crippen LogP contribution in [0.5, 0.6) is 0 Å². The molecule has 1 saturated carbocycles. The summed E-state index contributed by atoms with van der Waals surface area (Å²) in [5.74, 6) is 1.64. The maximum Gasteiger partial charge on any atom is 0.225 e. The fraction of sp³-hybridized carbons (Fsp3) is 0.636. The van der Waals surface area contributed by atoms with E-state index in [4.69, 9.17) is 5.73 Å². The second kappa shape index (κ2) is 4.04. The van der Waals surface area contributed by atoms with E-state index in [1.807, 2.05) is 0 Å². The number of rotatable bonds is 4. The molecule has 0 radical (unpaired) electrons. The summed E-state index contributed by atoms with van der Waals surface area (Å²) < 4.78 is 0. The molecule has 1 aromatic heterocycles. The van der Waals surface area contributed by atoms with Crippen molar-refractivity contribution < 1.29 is 0 Å². The molecule has 4 nitrogen and oxygen atoms in total. The van der Waals surface area contributed by atoms with Crippen molar-refractivity contribution in [2.45, 2.75) is 32.7 Å². The molecule has 15 heavy (non-hydrogen) atoms. The Balaban J connectivity index is 2.11. The predicted molar refractivity (Wildman–Crippen MR) is 61.7 cm³/mol. The van der Waals surface area contributed by atoms with Crippen LogP contribution in [-0.4, -0.2) is 22.6 Å². The first kappa shape index (κ1) is 10.2. The SMILES string of the molecule is CC(C)N(CC1CC1)c1ncc(N)cn1. The number of nitrogens with zero attached hydrogens (tertiary/aromatic N) is 3. The average Bonchev–Trinajstić information content (AvgIpc) is 2.99. The molecular formula is C11H18N4. The monoisotopic (exact) mass is 206 g/mol. The van der Waals surface area contributed by atoms with E-state index in [0.717, 1.165) is 18.4 Å². The number of nitrogen functional groups attached to an aromatic ring is 1. The van der Waals surface area contributed by atoms with Crippen molar-refractivity contribution in [3.05, 3.63) is 12.4 Å². The van der Waals surface area contributed by atoms with Gasteiger partial charge in [0.25, 0.3) is 0 Å². The summed E-state index contributed by atoms with van der Waals surface area (Å²) >= 11 is 0. The van der Waals surface area contributed by atoms with Gasteiger partial charge in [-0.3, -0.25) is 0 Å². The van der Waals surface area contributed by atoms with Crippen LogP contribution in [0.15, 0.2) is 12.4 Å². The van der Waals surface area contributed by atoms with Gasteiger partial charge in [-0.15, -0.1) is 0 Å². The molecule has 82 valence electrons. The molecule has 2 rings (SSSR count). The second-order valence-electron chi connectivity index (χ2n) is 4.51. The molecule has 0 amide bonds. The Morgan fingerprint density at radius 2 is 2.00 bits per heavy atom. The van der Waals surface area contributed by atoms with Crippen LogP contribution in [0.1, 0.15) is 26.7 Å². The molecule has 1 aromatic rings. The minimum absolute atomic E-state index is 0.439.